The highest BCUT2D eigenvalue weighted by atomic mass is 16.5. The summed E-state index contributed by atoms with van der Waals surface area (Å²) in [4.78, 5) is 18.4. The first kappa shape index (κ1) is 15.6. The second-order valence-electron chi connectivity index (χ2n) is 4.95. The van der Waals surface area contributed by atoms with Gasteiger partial charge in [0.1, 0.15) is 5.82 Å². The van der Waals surface area contributed by atoms with Gasteiger partial charge in [-0.3, -0.25) is 9.89 Å². The Morgan fingerprint density at radius 1 is 1.42 bits per heavy atom. The van der Waals surface area contributed by atoms with Crippen molar-refractivity contribution >= 4 is 5.91 Å². The van der Waals surface area contributed by atoms with Crippen molar-refractivity contribution in [1.82, 2.24) is 20.1 Å². The minimum Gasteiger partial charge on any atom is -0.383 e. The monoisotopic (exact) mass is 268 g/mol. The summed E-state index contributed by atoms with van der Waals surface area (Å²) in [6, 6.07) is 0.142. The van der Waals surface area contributed by atoms with Crippen molar-refractivity contribution in [3.63, 3.8) is 0 Å². The fourth-order valence-electron chi connectivity index (χ4n) is 1.69. The molecule has 1 heterocycles. The lowest BCUT2D eigenvalue weighted by atomic mass is 10.2. The molecule has 0 aromatic carbocycles. The van der Waals surface area contributed by atoms with Crippen LogP contribution in [0.5, 0.6) is 0 Å². The summed E-state index contributed by atoms with van der Waals surface area (Å²) in [5.41, 5.74) is 0. The maximum absolute atomic E-state index is 12.4. The van der Waals surface area contributed by atoms with Gasteiger partial charge < -0.3 is 9.64 Å². The first-order chi connectivity index (χ1) is 9.01. The summed E-state index contributed by atoms with van der Waals surface area (Å²) in [7, 11) is 1.63. The van der Waals surface area contributed by atoms with Gasteiger partial charge in [-0.25, -0.2) is 4.98 Å². The fraction of sp³-hybridized carbons (Fsp3) is 0.769. The summed E-state index contributed by atoms with van der Waals surface area (Å²) in [6.07, 6.45) is 0.886. The molecule has 1 N–H and O–H groups in total. The fourth-order valence-corrected chi connectivity index (χ4v) is 1.69. The third-order valence-electron chi connectivity index (χ3n) is 3.16. The molecule has 1 atom stereocenters. The van der Waals surface area contributed by atoms with Crippen LogP contribution in [0.4, 0.5) is 0 Å². The zero-order valence-corrected chi connectivity index (χ0v) is 12.4. The van der Waals surface area contributed by atoms with Crippen molar-refractivity contribution in [3.8, 4) is 0 Å². The molecular weight excluding hydrogens is 244 g/mol. The van der Waals surface area contributed by atoms with Crippen LogP contribution in [0.2, 0.25) is 0 Å². The zero-order chi connectivity index (χ0) is 14.4. The average Bonchev–Trinajstić information content (AvgIpc) is 2.88. The standard InChI is InChI=1S/C13H24N4O2/c1-6-10(4)17(7-8-19-5)13(18)12-14-11(9(2)3)15-16-12/h9-10H,6-8H2,1-5H3,(H,14,15,16). The van der Waals surface area contributed by atoms with Gasteiger partial charge >= 0.3 is 0 Å². The summed E-state index contributed by atoms with van der Waals surface area (Å²) in [6.45, 7) is 9.14. The molecule has 0 fully saturated rings. The van der Waals surface area contributed by atoms with Gasteiger partial charge in [0.2, 0.25) is 5.82 Å². The van der Waals surface area contributed by atoms with E-state index in [9.17, 15) is 4.79 Å². The van der Waals surface area contributed by atoms with Crippen LogP contribution in [-0.4, -0.2) is 52.3 Å². The second-order valence-corrected chi connectivity index (χ2v) is 4.95. The Hall–Kier alpha value is -1.43. The molecule has 19 heavy (non-hydrogen) atoms. The van der Waals surface area contributed by atoms with Crippen molar-refractivity contribution in [2.24, 2.45) is 0 Å². The minimum atomic E-state index is -0.144. The van der Waals surface area contributed by atoms with Crippen molar-refractivity contribution < 1.29 is 9.53 Å². The highest BCUT2D eigenvalue weighted by Crippen LogP contribution is 2.11. The maximum Gasteiger partial charge on any atom is 0.293 e. The molecule has 1 unspecified atom stereocenters. The number of amides is 1. The molecule has 108 valence electrons. The highest BCUT2D eigenvalue weighted by Gasteiger charge is 2.24. The SMILES string of the molecule is CCC(C)N(CCOC)C(=O)c1n[nH]c(C(C)C)n1. The highest BCUT2D eigenvalue weighted by molar-refractivity contribution is 5.90. The quantitative estimate of drug-likeness (QED) is 0.818. The summed E-state index contributed by atoms with van der Waals surface area (Å²) < 4.78 is 5.05. The first-order valence-electron chi connectivity index (χ1n) is 6.73. The van der Waals surface area contributed by atoms with Gasteiger partial charge in [-0.15, -0.1) is 5.10 Å². The topological polar surface area (TPSA) is 71.1 Å². The maximum atomic E-state index is 12.4. The first-order valence-corrected chi connectivity index (χ1v) is 6.73. The van der Waals surface area contributed by atoms with Crippen LogP contribution in [0.3, 0.4) is 0 Å². The van der Waals surface area contributed by atoms with Gasteiger partial charge in [-0.1, -0.05) is 20.8 Å². The molecule has 0 aliphatic carbocycles. The van der Waals surface area contributed by atoms with Crippen LogP contribution in [-0.2, 0) is 4.74 Å². The van der Waals surface area contributed by atoms with E-state index < -0.39 is 0 Å². The van der Waals surface area contributed by atoms with Crippen LogP contribution in [0.1, 0.15) is 56.5 Å². The second kappa shape index (κ2) is 7.23. The molecule has 1 aromatic heterocycles. The van der Waals surface area contributed by atoms with E-state index in [-0.39, 0.29) is 23.7 Å². The van der Waals surface area contributed by atoms with Gasteiger partial charge in [0, 0.05) is 25.6 Å². The molecular formula is C13H24N4O2. The Morgan fingerprint density at radius 2 is 2.11 bits per heavy atom. The molecule has 1 aromatic rings. The average molecular weight is 268 g/mol. The molecule has 0 radical (unpaired) electrons. The number of carbonyl (C=O) groups is 1. The lowest BCUT2D eigenvalue weighted by Gasteiger charge is -2.27. The van der Waals surface area contributed by atoms with Gasteiger partial charge in [0.15, 0.2) is 0 Å². The third kappa shape index (κ3) is 4.02. The van der Waals surface area contributed by atoms with Crippen molar-refractivity contribution in [2.75, 3.05) is 20.3 Å². The van der Waals surface area contributed by atoms with E-state index >= 15 is 0 Å². The Labute approximate surface area is 114 Å². The Morgan fingerprint density at radius 3 is 2.58 bits per heavy atom. The summed E-state index contributed by atoms with van der Waals surface area (Å²) >= 11 is 0. The van der Waals surface area contributed by atoms with Crippen LogP contribution < -0.4 is 0 Å². The number of carbonyl (C=O) groups excluding carboxylic acids is 1. The van der Waals surface area contributed by atoms with Crippen molar-refractivity contribution in [1.29, 1.82) is 0 Å². The van der Waals surface area contributed by atoms with Gasteiger partial charge in [-0.05, 0) is 13.3 Å². The molecule has 0 aliphatic heterocycles. The van der Waals surface area contributed by atoms with Crippen LogP contribution >= 0.6 is 0 Å². The molecule has 6 nitrogen and oxygen atoms in total. The van der Waals surface area contributed by atoms with Crippen LogP contribution in [0, 0.1) is 0 Å². The van der Waals surface area contributed by atoms with E-state index in [1.54, 1.807) is 12.0 Å². The molecule has 6 heteroatoms. The lowest BCUT2D eigenvalue weighted by Crippen LogP contribution is -2.41. The number of rotatable bonds is 7. The number of nitrogens with zero attached hydrogens (tertiary/aromatic N) is 3. The van der Waals surface area contributed by atoms with E-state index in [1.165, 1.54) is 0 Å². The number of hydrogen-bond acceptors (Lipinski definition) is 4. The Bertz CT molecular complexity index is 403. The number of nitrogens with one attached hydrogen (secondary N) is 1. The van der Waals surface area contributed by atoms with Gasteiger partial charge in [0.25, 0.3) is 5.91 Å². The number of H-pyrrole nitrogens is 1. The van der Waals surface area contributed by atoms with Gasteiger partial charge in [0.05, 0.1) is 6.61 Å². The molecule has 1 amide bonds. The minimum absolute atomic E-state index is 0.142. The third-order valence-corrected chi connectivity index (χ3v) is 3.16. The molecule has 0 spiro atoms. The van der Waals surface area contributed by atoms with Crippen molar-refractivity contribution in [2.45, 2.75) is 46.1 Å². The number of aromatic amines is 1. The predicted molar refractivity (Wildman–Crippen MR) is 73.1 cm³/mol. The van der Waals surface area contributed by atoms with Gasteiger partial charge in [-0.2, -0.15) is 0 Å². The smallest absolute Gasteiger partial charge is 0.293 e. The van der Waals surface area contributed by atoms with E-state index in [4.69, 9.17) is 4.74 Å². The normalized spacial score (nSPS) is 12.7. The molecule has 0 aliphatic rings. The van der Waals surface area contributed by atoms with E-state index in [2.05, 4.69) is 22.1 Å². The number of ether oxygens (including phenoxy) is 1. The van der Waals surface area contributed by atoms with Crippen molar-refractivity contribution in [3.05, 3.63) is 11.6 Å². The predicted octanol–water partition coefficient (Wildman–Crippen LogP) is 1.82. The number of methoxy groups -OCH3 is 1. The number of aromatic nitrogens is 3. The van der Waals surface area contributed by atoms with E-state index in [1.807, 2.05) is 20.8 Å². The van der Waals surface area contributed by atoms with Crippen LogP contribution in [0.25, 0.3) is 0 Å². The molecule has 0 saturated heterocycles. The Balaban J connectivity index is 2.84. The largest absolute Gasteiger partial charge is 0.383 e. The number of hydrogen-bond donors (Lipinski definition) is 1. The summed E-state index contributed by atoms with van der Waals surface area (Å²) in [5, 5.41) is 6.83. The lowest BCUT2D eigenvalue weighted by molar-refractivity contribution is 0.0602. The zero-order valence-electron chi connectivity index (χ0n) is 12.4. The van der Waals surface area contributed by atoms with E-state index in [0.717, 1.165) is 12.2 Å². The van der Waals surface area contributed by atoms with E-state index in [0.29, 0.717) is 13.2 Å². The summed E-state index contributed by atoms with van der Waals surface area (Å²) in [5.74, 6) is 1.05. The Kier molecular flexibility index (Phi) is 5.95. The molecule has 1 rings (SSSR count). The van der Waals surface area contributed by atoms with Crippen LogP contribution in [0.15, 0.2) is 0 Å². The molecule has 0 saturated carbocycles. The molecule has 0 bridgehead atoms.